The summed E-state index contributed by atoms with van der Waals surface area (Å²) in [6, 6.07) is 9.14. The van der Waals surface area contributed by atoms with Gasteiger partial charge in [-0.05, 0) is 19.8 Å². The average molecular weight is 366 g/mol. The third-order valence-electron chi connectivity index (χ3n) is 4.25. The number of benzene rings is 1. The number of hydrogen-bond donors (Lipinski definition) is 1. The van der Waals surface area contributed by atoms with E-state index in [4.69, 9.17) is 0 Å². The predicted molar refractivity (Wildman–Crippen MR) is 91.3 cm³/mol. The molecule has 1 fully saturated rings. The van der Waals surface area contributed by atoms with Gasteiger partial charge >= 0.3 is 5.97 Å². The number of hydrogen-bond acceptors (Lipinski definition) is 5. The van der Waals surface area contributed by atoms with Gasteiger partial charge in [0.15, 0.2) is 5.03 Å². The molecule has 0 aliphatic carbocycles. The van der Waals surface area contributed by atoms with Crippen LogP contribution in [0.15, 0.2) is 40.7 Å². The number of carboxylic acid groups (broad SMARTS) is 1. The number of piperidine rings is 1. The number of carbonyl (C=O) groups is 1. The number of rotatable bonds is 4. The lowest BCUT2D eigenvalue weighted by atomic mass is 9.96. The van der Waals surface area contributed by atoms with Crippen molar-refractivity contribution < 1.29 is 18.3 Å². The highest BCUT2D eigenvalue weighted by Crippen LogP contribution is 2.31. The fourth-order valence-corrected chi connectivity index (χ4v) is 5.60. The zero-order chi connectivity index (χ0) is 17.3. The van der Waals surface area contributed by atoms with E-state index in [-0.39, 0.29) is 17.6 Å². The predicted octanol–water partition coefficient (Wildman–Crippen LogP) is 2.68. The Labute approximate surface area is 144 Å². The van der Waals surface area contributed by atoms with Crippen LogP contribution in [0.2, 0.25) is 0 Å². The lowest BCUT2D eigenvalue weighted by molar-refractivity contribution is -0.143. The van der Waals surface area contributed by atoms with Gasteiger partial charge in [0.05, 0.1) is 5.92 Å². The fraction of sp³-hybridized carbons (Fsp3) is 0.375. The molecule has 0 amide bonds. The normalized spacial score (nSPS) is 22.4. The van der Waals surface area contributed by atoms with Gasteiger partial charge in [-0.3, -0.25) is 4.79 Å². The molecule has 128 valence electrons. The van der Waals surface area contributed by atoms with Crippen LogP contribution in [0.25, 0.3) is 10.6 Å². The largest absolute Gasteiger partial charge is 0.481 e. The zero-order valence-electron chi connectivity index (χ0n) is 13.1. The lowest BCUT2D eigenvalue weighted by Gasteiger charge is -2.34. The lowest BCUT2D eigenvalue weighted by Crippen LogP contribution is -2.47. The summed E-state index contributed by atoms with van der Waals surface area (Å²) in [6.45, 7) is 1.80. The van der Waals surface area contributed by atoms with E-state index in [2.05, 4.69) is 4.98 Å². The molecule has 24 heavy (non-hydrogen) atoms. The fourth-order valence-electron chi connectivity index (χ4n) is 2.82. The third-order valence-corrected chi connectivity index (χ3v) is 7.16. The van der Waals surface area contributed by atoms with Gasteiger partial charge in [0.25, 0.3) is 10.0 Å². The second-order valence-corrected chi connectivity index (χ2v) is 8.59. The molecule has 1 aliphatic heterocycles. The van der Waals surface area contributed by atoms with E-state index in [0.717, 1.165) is 5.56 Å². The Balaban J connectivity index is 1.90. The maximum Gasteiger partial charge on any atom is 0.307 e. The Bertz CT molecular complexity index is 833. The van der Waals surface area contributed by atoms with Gasteiger partial charge in [-0.15, -0.1) is 11.3 Å². The molecule has 1 aromatic heterocycles. The molecule has 1 N–H and O–H groups in total. The number of sulfonamides is 1. The molecule has 2 aromatic rings. The summed E-state index contributed by atoms with van der Waals surface area (Å²) in [4.78, 5) is 15.5. The Hall–Kier alpha value is -1.77. The van der Waals surface area contributed by atoms with E-state index in [1.54, 1.807) is 6.92 Å². The third kappa shape index (κ3) is 3.22. The molecular formula is C16H18N2O4S2. The summed E-state index contributed by atoms with van der Waals surface area (Å²) in [5, 5.41) is 11.3. The molecule has 2 heterocycles. The molecule has 8 heteroatoms. The summed E-state index contributed by atoms with van der Waals surface area (Å²) in [6.07, 6.45) is 1.03. The maximum atomic E-state index is 12.9. The van der Waals surface area contributed by atoms with Crippen LogP contribution in [0.3, 0.4) is 0 Å². The molecule has 0 saturated carbocycles. The van der Waals surface area contributed by atoms with Crippen LogP contribution in [-0.2, 0) is 14.8 Å². The number of aliphatic carboxylic acids is 1. The van der Waals surface area contributed by atoms with Crippen LogP contribution in [-0.4, -0.2) is 41.4 Å². The first-order valence-electron chi connectivity index (χ1n) is 7.65. The van der Waals surface area contributed by atoms with Crippen molar-refractivity contribution in [3.63, 3.8) is 0 Å². The number of thiazole rings is 1. The van der Waals surface area contributed by atoms with E-state index in [1.165, 1.54) is 21.0 Å². The SMILES string of the molecule is CC1CCC(C(=O)O)CN1S(=O)(=O)c1csc(-c2ccccc2)n1. The highest BCUT2D eigenvalue weighted by Gasteiger charge is 2.38. The molecule has 6 nitrogen and oxygen atoms in total. The average Bonchev–Trinajstić information content (AvgIpc) is 3.06. The van der Waals surface area contributed by atoms with Gasteiger partial charge < -0.3 is 5.11 Å². The van der Waals surface area contributed by atoms with Crippen molar-refractivity contribution in [2.75, 3.05) is 6.54 Å². The van der Waals surface area contributed by atoms with Crippen molar-refractivity contribution >= 4 is 27.3 Å². The van der Waals surface area contributed by atoms with E-state index in [0.29, 0.717) is 17.8 Å². The second kappa shape index (κ2) is 6.62. The van der Waals surface area contributed by atoms with Crippen LogP contribution in [0, 0.1) is 5.92 Å². The smallest absolute Gasteiger partial charge is 0.307 e. The Morgan fingerprint density at radius 3 is 2.67 bits per heavy atom. The minimum Gasteiger partial charge on any atom is -0.481 e. The molecular weight excluding hydrogens is 348 g/mol. The van der Waals surface area contributed by atoms with Crippen molar-refractivity contribution in [3.8, 4) is 10.6 Å². The molecule has 1 aromatic carbocycles. The molecule has 1 saturated heterocycles. The summed E-state index contributed by atoms with van der Waals surface area (Å²) < 4.78 is 27.1. The summed E-state index contributed by atoms with van der Waals surface area (Å²) in [5.41, 5.74) is 0.860. The van der Waals surface area contributed by atoms with Crippen LogP contribution in [0.4, 0.5) is 0 Å². The van der Waals surface area contributed by atoms with Gasteiger partial charge in [0.1, 0.15) is 5.01 Å². The van der Waals surface area contributed by atoms with Crippen LogP contribution < -0.4 is 0 Å². The van der Waals surface area contributed by atoms with Gasteiger partial charge in [-0.25, -0.2) is 13.4 Å². The van der Waals surface area contributed by atoms with Crippen molar-refractivity contribution in [3.05, 3.63) is 35.7 Å². The van der Waals surface area contributed by atoms with Gasteiger partial charge in [-0.2, -0.15) is 4.31 Å². The van der Waals surface area contributed by atoms with Gasteiger partial charge in [0.2, 0.25) is 0 Å². The van der Waals surface area contributed by atoms with Crippen molar-refractivity contribution in [2.45, 2.75) is 30.8 Å². The van der Waals surface area contributed by atoms with Gasteiger partial charge in [0, 0.05) is 23.5 Å². The Morgan fingerprint density at radius 2 is 2.00 bits per heavy atom. The molecule has 2 atom stereocenters. The monoisotopic (exact) mass is 366 g/mol. The van der Waals surface area contributed by atoms with Gasteiger partial charge in [-0.1, -0.05) is 30.3 Å². The summed E-state index contributed by atoms with van der Waals surface area (Å²) in [7, 11) is -3.80. The standard InChI is InChI=1S/C16H18N2O4S2/c1-11-7-8-13(16(19)20)9-18(11)24(21,22)14-10-23-15(17-14)12-5-3-2-4-6-12/h2-6,10-11,13H,7-9H2,1H3,(H,19,20). The van der Waals surface area contributed by atoms with E-state index in [1.807, 2.05) is 30.3 Å². The van der Waals surface area contributed by atoms with Crippen molar-refractivity contribution in [2.24, 2.45) is 5.92 Å². The molecule has 0 spiro atoms. The highest BCUT2D eigenvalue weighted by atomic mass is 32.2. The molecule has 1 aliphatic rings. The van der Waals surface area contributed by atoms with E-state index < -0.39 is 21.9 Å². The van der Waals surface area contributed by atoms with Crippen LogP contribution >= 0.6 is 11.3 Å². The summed E-state index contributed by atoms with van der Waals surface area (Å²) >= 11 is 1.27. The molecule has 0 radical (unpaired) electrons. The van der Waals surface area contributed by atoms with E-state index >= 15 is 0 Å². The zero-order valence-corrected chi connectivity index (χ0v) is 14.8. The molecule has 3 rings (SSSR count). The number of aromatic nitrogens is 1. The molecule has 0 bridgehead atoms. The van der Waals surface area contributed by atoms with Crippen molar-refractivity contribution in [1.29, 1.82) is 0 Å². The van der Waals surface area contributed by atoms with Crippen molar-refractivity contribution in [1.82, 2.24) is 9.29 Å². The first-order chi connectivity index (χ1) is 11.4. The first-order valence-corrected chi connectivity index (χ1v) is 9.97. The minimum absolute atomic E-state index is 0.00295. The van der Waals surface area contributed by atoms with Crippen LogP contribution in [0.5, 0.6) is 0 Å². The Morgan fingerprint density at radius 1 is 1.29 bits per heavy atom. The maximum absolute atomic E-state index is 12.9. The first kappa shape index (κ1) is 17.1. The summed E-state index contributed by atoms with van der Waals surface area (Å²) in [5.74, 6) is -1.62. The quantitative estimate of drug-likeness (QED) is 0.899. The number of carboxylic acids is 1. The molecule has 2 unspecified atom stereocenters. The topological polar surface area (TPSA) is 87.6 Å². The second-order valence-electron chi connectivity index (χ2n) is 5.89. The van der Waals surface area contributed by atoms with Crippen LogP contribution in [0.1, 0.15) is 19.8 Å². The Kier molecular flexibility index (Phi) is 4.71. The number of nitrogens with zero attached hydrogens (tertiary/aromatic N) is 2. The minimum atomic E-state index is -3.80. The van der Waals surface area contributed by atoms with E-state index in [9.17, 15) is 18.3 Å². The highest BCUT2D eigenvalue weighted by molar-refractivity contribution is 7.89.